The summed E-state index contributed by atoms with van der Waals surface area (Å²) < 4.78 is 0. The molecule has 2 aromatic carbocycles. The second kappa shape index (κ2) is 18.3. The molecule has 2 aromatic rings. The summed E-state index contributed by atoms with van der Waals surface area (Å²) in [6.45, 7) is 18.2. The first kappa shape index (κ1) is 34.0. The van der Waals surface area contributed by atoms with Crippen LogP contribution in [-0.2, 0) is 17.6 Å². The lowest BCUT2D eigenvalue weighted by molar-refractivity contribution is -0.111. The number of benzene rings is 2. The van der Waals surface area contributed by atoms with Crippen molar-refractivity contribution in [3.05, 3.63) is 76.4 Å². The molecule has 0 heterocycles. The average molecular weight is 533 g/mol. The predicted octanol–water partition coefficient (Wildman–Crippen LogP) is 8.94. The minimum Gasteiger partial charge on any atom is -0.349 e. The van der Waals surface area contributed by atoms with Crippen LogP contribution in [0.25, 0.3) is 5.70 Å². The van der Waals surface area contributed by atoms with Gasteiger partial charge in [-0.05, 0) is 80.3 Å². The lowest BCUT2D eigenvalue weighted by Gasteiger charge is -2.19. The Labute approximate surface area is 238 Å². The molecule has 0 bridgehead atoms. The molecule has 1 N–H and O–H groups in total. The van der Waals surface area contributed by atoms with E-state index < -0.39 is 0 Å². The molecule has 2 rings (SSSR count). The molecule has 0 aliphatic carbocycles. The Morgan fingerprint density at radius 3 is 1.97 bits per heavy atom. The number of unbranched alkanes of at least 4 members (excludes halogenated alkanes) is 2. The van der Waals surface area contributed by atoms with Crippen molar-refractivity contribution in [1.29, 1.82) is 0 Å². The first-order valence-electron chi connectivity index (χ1n) is 14.8. The zero-order valence-electron chi connectivity index (χ0n) is 26.0. The SMILES string of the molecule is C/C=C(\N=C(C)C(C)=O)c1ccc(C[C@@H](CCC)NC(=O)c2ccc(CC(C)C)c(C)c2)cc1.CCCCC. The maximum absolute atomic E-state index is 13.0. The monoisotopic (exact) mass is 532 g/mol. The number of aliphatic imine (C=N–C) groups is 1. The van der Waals surface area contributed by atoms with Crippen molar-refractivity contribution in [2.45, 2.75) is 113 Å². The van der Waals surface area contributed by atoms with Crippen LogP contribution in [0.15, 0.2) is 53.5 Å². The summed E-state index contributed by atoms with van der Waals surface area (Å²) in [5.41, 5.74) is 6.61. The van der Waals surface area contributed by atoms with Gasteiger partial charge in [0, 0.05) is 18.5 Å². The van der Waals surface area contributed by atoms with Crippen LogP contribution in [0.5, 0.6) is 0 Å². The third kappa shape index (κ3) is 12.6. The summed E-state index contributed by atoms with van der Waals surface area (Å²) in [5.74, 6) is 0.547. The molecule has 214 valence electrons. The molecule has 0 aliphatic rings. The molecule has 1 atom stereocenters. The van der Waals surface area contributed by atoms with Gasteiger partial charge in [-0.1, -0.05) is 96.7 Å². The fourth-order valence-electron chi connectivity index (χ4n) is 4.35. The van der Waals surface area contributed by atoms with E-state index in [1.807, 2.05) is 37.3 Å². The van der Waals surface area contributed by atoms with Crippen molar-refractivity contribution in [3.63, 3.8) is 0 Å². The minimum atomic E-state index is -0.0288. The maximum atomic E-state index is 13.0. The highest BCUT2D eigenvalue weighted by Gasteiger charge is 2.15. The van der Waals surface area contributed by atoms with E-state index in [2.05, 4.69) is 70.1 Å². The van der Waals surface area contributed by atoms with Gasteiger partial charge in [0.25, 0.3) is 5.91 Å². The van der Waals surface area contributed by atoms with E-state index in [4.69, 9.17) is 0 Å². The van der Waals surface area contributed by atoms with Crippen molar-refractivity contribution >= 4 is 23.1 Å². The first-order valence-corrected chi connectivity index (χ1v) is 14.8. The van der Waals surface area contributed by atoms with Gasteiger partial charge >= 0.3 is 0 Å². The molecule has 0 aromatic heterocycles. The number of aryl methyl sites for hydroxylation is 1. The van der Waals surface area contributed by atoms with E-state index in [1.165, 1.54) is 37.3 Å². The maximum Gasteiger partial charge on any atom is 0.251 e. The molecule has 4 heteroatoms. The Kier molecular flexibility index (Phi) is 16.0. The van der Waals surface area contributed by atoms with E-state index in [1.54, 1.807) is 6.92 Å². The van der Waals surface area contributed by atoms with Crippen LogP contribution in [0.1, 0.15) is 120 Å². The summed E-state index contributed by atoms with van der Waals surface area (Å²) in [5, 5.41) is 3.25. The molecule has 1 amide bonds. The number of carbonyl (C=O) groups is 2. The number of amides is 1. The lowest BCUT2D eigenvalue weighted by atomic mass is 9.96. The fourth-order valence-corrected chi connectivity index (χ4v) is 4.35. The van der Waals surface area contributed by atoms with Crippen LogP contribution < -0.4 is 5.32 Å². The summed E-state index contributed by atoms with van der Waals surface area (Å²) >= 11 is 0. The number of rotatable bonds is 13. The number of nitrogens with zero attached hydrogens (tertiary/aromatic N) is 1. The number of nitrogens with one attached hydrogen (secondary N) is 1. The zero-order chi connectivity index (χ0) is 29.4. The van der Waals surface area contributed by atoms with Crippen LogP contribution in [0, 0.1) is 12.8 Å². The number of allylic oxidation sites excluding steroid dienone is 1. The molecule has 0 radical (unpaired) electrons. The normalized spacial score (nSPS) is 12.6. The molecule has 0 saturated carbocycles. The topological polar surface area (TPSA) is 58.5 Å². The Morgan fingerprint density at radius 2 is 1.51 bits per heavy atom. The van der Waals surface area contributed by atoms with Gasteiger partial charge in [0.05, 0.1) is 11.4 Å². The van der Waals surface area contributed by atoms with Gasteiger partial charge in [-0.15, -0.1) is 0 Å². The Bertz CT molecular complexity index is 1090. The minimum absolute atomic E-state index is 0.0143. The molecule has 4 nitrogen and oxygen atoms in total. The van der Waals surface area contributed by atoms with Crippen molar-refractivity contribution in [2.75, 3.05) is 0 Å². The second-order valence-electron chi connectivity index (χ2n) is 10.9. The van der Waals surface area contributed by atoms with E-state index >= 15 is 0 Å². The quantitative estimate of drug-likeness (QED) is 0.262. The van der Waals surface area contributed by atoms with Gasteiger partial charge in [0.2, 0.25) is 0 Å². The number of hydrogen-bond donors (Lipinski definition) is 1. The summed E-state index contributed by atoms with van der Waals surface area (Å²) in [6.07, 6.45) is 9.70. The third-order valence-corrected chi connectivity index (χ3v) is 6.72. The highest BCUT2D eigenvalue weighted by atomic mass is 16.1. The summed E-state index contributed by atoms with van der Waals surface area (Å²) in [6, 6.07) is 14.3. The molecular formula is C35H52N2O2. The van der Waals surface area contributed by atoms with Crippen LogP contribution in [0.2, 0.25) is 0 Å². The van der Waals surface area contributed by atoms with E-state index in [-0.39, 0.29) is 17.7 Å². The summed E-state index contributed by atoms with van der Waals surface area (Å²) in [4.78, 5) is 29.0. The van der Waals surface area contributed by atoms with Crippen LogP contribution >= 0.6 is 0 Å². The van der Waals surface area contributed by atoms with Crippen molar-refractivity contribution in [2.24, 2.45) is 10.9 Å². The van der Waals surface area contributed by atoms with Crippen LogP contribution in [-0.4, -0.2) is 23.4 Å². The third-order valence-electron chi connectivity index (χ3n) is 6.72. The largest absolute Gasteiger partial charge is 0.349 e. The van der Waals surface area contributed by atoms with Gasteiger partial charge in [-0.3, -0.25) is 9.59 Å². The fraction of sp³-hybridized carbons (Fsp3) is 0.514. The second-order valence-corrected chi connectivity index (χ2v) is 10.9. The van der Waals surface area contributed by atoms with Crippen molar-refractivity contribution in [1.82, 2.24) is 5.32 Å². The molecule has 0 fully saturated rings. The Balaban J connectivity index is 0.00000139. The molecule has 0 spiro atoms. The molecule has 39 heavy (non-hydrogen) atoms. The van der Waals surface area contributed by atoms with Crippen LogP contribution in [0.4, 0.5) is 0 Å². The van der Waals surface area contributed by atoms with Gasteiger partial charge in [-0.2, -0.15) is 0 Å². The first-order chi connectivity index (χ1) is 18.6. The smallest absolute Gasteiger partial charge is 0.251 e. The Hall–Kier alpha value is -3.01. The average Bonchev–Trinajstić information content (AvgIpc) is 2.89. The van der Waals surface area contributed by atoms with Gasteiger partial charge in [0.1, 0.15) is 0 Å². The van der Waals surface area contributed by atoms with Gasteiger partial charge in [-0.25, -0.2) is 4.99 Å². The number of hydrogen-bond acceptors (Lipinski definition) is 3. The number of Topliss-reactive ketones (excluding diaryl/α,β-unsaturated/α-hetero) is 1. The molecular weight excluding hydrogens is 480 g/mol. The zero-order valence-corrected chi connectivity index (χ0v) is 26.0. The van der Waals surface area contributed by atoms with E-state index in [9.17, 15) is 9.59 Å². The molecule has 0 saturated heterocycles. The molecule has 0 aliphatic heterocycles. The molecule has 0 unspecified atom stereocenters. The number of carbonyl (C=O) groups excluding carboxylic acids is 2. The van der Waals surface area contributed by atoms with E-state index in [0.29, 0.717) is 11.6 Å². The van der Waals surface area contributed by atoms with E-state index in [0.717, 1.165) is 48.1 Å². The standard InChI is InChI=1S/C30H40N2O2.C5H12/c1-8-10-28(32-30(34)27-16-15-26(17-20(3)4)21(5)18-27)19-24-11-13-25(14-12-24)29(9-2)31-22(6)23(7)33;1-3-5-4-2/h9,11-16,18,20,28H,8,10,17,19H2,1-7H3,(H,32,34);3-5H2,1-2H3/b29-9-,31-22?;/t28-;/m1./s1. The van der Waals surface area contributed by atoms with Crippen LogP contribution in [0.3, 0.4) is 0 Å². The summed E-state index contributed by atoms with van der Waals surface area (Å²) in [7, 11) is 0. The predicted molar refractivity (Wildman–Crippen MR) is 169 cm³/mol. The van der Waals surface area contributed by atoms with Gasteiger partial charge in [0.15, 0.2) is 5.78 Å². The highest BCUT2D eigenvalue weighted by Crippen LogP contribution is 2.19. The highest BCUT2D eigenvalue weighted by molar-refractivity contribution is 6.38. The van der Waals surface area contributed by atoms with Crippen molar-refractivity contribution in [3.8, 4) is 0 Å². The lowest BCUT2D eigenvalue weighted by Crippen LogP contribution is -2.36. The Morgan fingerprint density at radius 1 is 0.897 bits per heavy atom. The number of ketones is 1. The van der Waals surface area contributed by atoms with Gasteiger partial charge < -0.3 is 5.32 Å². The van der Waals surface area contributed by atoms with Crippen molar-refractivity contribution < 1.29 is 9.59 Å².